The molecule has 0 saturated heterocycles. The van der Waals surface area contributed by atoms with E-state index in [1.807, 2.05) is 36.4 Å². The molecular weight excluding hydrogens is 405 g/mol. The number of hydrogen-bond donors (Lipinski definition) is 1. The minimum atomic E-state index is 0.476. The number of oxazole rings is 1. The van der Waals surface area contributed by atoms with E-state index in [9.17, 15) is 0 Å². The summed E-state index contributed by atoms with van der Waals surface area (Å²) in [5, 5.41) is 10.2. The van der Waals surface area contributed by atoms with Gasteiger partial charge in [-0.2, -0.15) is 0 Å². The van der Waals surface area contributed by atoms with Gasteiger partial charge in [-0.25, -0.2) is 9.66 Å². The molecule has 136 valence electrons. The summed E-state index contributed by atoms with van der Waals surface area (Å²) in [5.41, 5.74) is 1.75. The Morgan fingerprint density at radius 2 is 1.56 bits per heavy atom. The van der Waals surface area contributed by atoms with Crippen molar-refractivity contribution in [1.29, 1.82) is 0 Å². The van der Waals surface area contributed by atoms with Crippen molar-refractivity contribution in [2.75, 3.05) is 5.84 Å². The van der Waals surface area contributed by atoms with Gasteiger partial charge in [0.25, 0.3) is 0 Å². The summed E-state index contributed by atoms with van der Waals surface area (Å²) in [6, 6.07) is 14.6. The number of nitrogen functional groups attached to an aromatic ring is 1. The second kappa shape index (κ2) is 7.64. The van der Waals surface area contributed by atoms with Crippen LogP contribution in [0.1, 0.15) is 5.89 Å². The molecule has 2 aromatic heterocycles. The van der Waals surface area contributed by atoms with Gasteiger partial charge in [0.15, 0.2) is 11.6 Å². The fourth-order valence-electron chi connectivity index (χ4n) is 2.42. The van der Waals surface area contributed by atoms with Crippen molar-refractivity contribution in [3.8, 4) is 22.7 Å². The first-order chi connectivity index (χ1) is 13.1. The van der Waals surface area contributed by atoms with Gasteiger partial charge in [-0.05, 0) is 48.5 Å². The lowest BCUT2D eigenvalue weighted by Gasteiger charge is -2.03. The topological polar surface area (TPSA) is 82.8 Å². The van der Waals surface area contributed by atoms with Gasteiger partial charge in [0.2, 0.25) is 11.0 Å². The molecular formula is C18H13Cl2N5OS. The average Bonchev–Trinajstić information content (AvgIpc) is 3.28. The summed E-state index contributed by atoms with van der Waals surface area (Å²) in [7, 11) is 0. The van der Waals surface area contributed by atoms with Gasteiger partial charge in [0.1, 0.15) is 0 Å². The zero-order chi connectivity index (χ0) is 18.8. The van der Waals surface area contributed by atoms with E-state index in [1.165, 1.54) is 16.4 Å². The van der Waals surface area contributed by atoms with Crippen molar-refractivity contribution in [3.63, 3.8) is 0 Å². The Morgan fingerprint density at radius 3 is 2.22 bits per heavy atom. The van der Waals surface area contributed by atoms with Crippen molar-refractivity contribution in [1.82, 2.24) is 19.9 Å². The molecule has 0 atom stereocenters. The number of nitrogens with zero attached hydrogens (tertiary/aromatic N) is 4. The first-order valence-electron chi connectivity index (χ1n) is 7.90. The molecule has 0 aliphatic carbocycles. The molecule has 0 unspecified atom stereocenters. The summed E-state index contributed by atoms with van der Waals surface area (Å²) in [4.78, 5) is 4.30. The molecule has 0 spiro atoms. The predicted molar refractivity (Wildman–Crippen MR) is 107 cm³/mol. The number of benzene rings is 2. The zero-order valence-corrected chi connectivity index (χ0v) is 16.2. The molecule has 0 bridgehead atoms. The van der Waals surface area contributed by atoms with E-state index < -0.39 is 0 Å². The number of rotatable bonds is 5. The third-order valence-corrected chi connectivity index (χ3v) is 5.21. The Kier molecular flexibility index (Phi) is 5.07. The largest absolute Gasteiger partial charge is 0.440 e. The molecule has 4 aromatic rings. The molecule has 0 radical (unpaired) electrons. The number of hydrogen-bond acceptors (Lipinski definition) is 6. The molecule has 2 aromatic carbocycles. The second-order valence-corrected chi connectivity index (χ2v) is 7.41. The lowest BCUT2D eigenvalue weighted by molar-refractivity contribution is 0.529. The van der Waals surface area contributed by atoms with E-state index in [0.717, 1.165) is 11.1 Å². The van der Waals surface area contributed by atoms with E-state index in [4.69, 9.17) is 33.5 Å². The van der Waals surface area contributed by atoms with Crippen LogP contribution < -0.4 is 5.84 Å². The Bertz CT molecular complexity index is 1060. The van der Waals surface area contributed by atoms with Crippen LogP contribution >= 0.6 is 35.0 Å². The highest BCUT2D eigenvalue weighted by atomic mass is 35.5. The smallest absolute Gasteiger partial charge is 0.210 e. The quantitative estimate of drug-likeness (QED) is 0.366. The highest BCUT2D eigenvalue weighted by Crippen LogP contribution is 2.27. The van der Waals surface area contributed by atoms with Gasteiger partial charge in [0, 0.05) is 21.2 Å². The van der Waals surface area contributed by atoms with Gasteiger partial charge in [-0.15, -0.1) is 10.2 Å². The van der Waals surface area contributed by atoms with Gasteiger partial charge < -0.3 is 10.3 Å². The van der Waals surface area contributed by atoms with Crippen LogP contribution in [0.4, 0.5) is 0 Å². The minimum Gasteiger partial charge on any atom is -0.440 e. The second-order valence-electron chi connectivity index (χ2n) is 5.60. The molecule has 0 fully saturated rings. The van der Waals surface area contributed by atoms with Crippen LogP contribution in [0.25, 0.3) is 22.7 Å². The summed E-state index contributed by atoms with van der Waals surface area (Å²) < 4.78 is 7.23. The molecule has 0 amide bonds. The molecule has 0 aliphatic heterocycles. The van der Waals surface area contributed by atoms with E-state index in [-0.39, 0.29) is 0 Å². The molecule has 2 heterocycles. The fourth-order valence-corrected chi connectivity index (χ4v) is 3.38. The standard InChI is InChI=1S/C18H13Cl2N5OS/c19-13-5-1-11(2-6-13)15-9-22-16(26-15)10-27-18-24-23-17(25(18)21)12-3-7-14(20)8-4-12/h1-9H,10,21H2. The van der Waals surface area contributed by atoms with Gasteiger partial charge in [-0.1, -0.05) is 35.0 Å². The van der Waals surface area contributed by atoms with Crippen LogP contribution in [0.15, 0.2) is 64.3 Å². The Morgan fingerprint density at radius 1 is 0.926 bits per heavy atom. The molecule has 0 aliphatic rings. The molecule has 0 saturated carbocycles. The Hall–Kier alpha value is -2.48. The highest BCUT2D eigenvalue weighted by Gasteiger charge is 2.14. The monoisotopic (exact) mass is 417 g/mol. The van der Waals surface area contributed by atoms with Crippen LogP contribution in [-0.2, 0) is 5.75 Å². The Labute approximate surface area is 169 Å². The summed E-state index contributed by atoms with van der Waals surface area (Å²) >= 11 is 13.2. The van der Waals surface area contributed by atoms with Crippen molar-refractivity contribution in [2.45, 2.75) is 10.9 Å². The highest BCUT2D eigenvalue weighted by molar-refractivity contribution is 7.98. The van der Waals surface area contributed by atoms with Gasteiger partial charge in [0.05, 0.1) is 11.9 Å². The molecule has 9 heteroatoms. The lowest BCUT2D eigenvalue weighted by atomic mass is 10.2. The lowest BCUT2D eigenvalue weighted by Crippen LogP contribution is -2.11. The van der Waals surface area contributed by atoms with Gasteiger partial charge in [-0.3, -0.25) is 0 Å². The molecule has 6 nitrogen and oxygen atoms in total. The number of halogens is 2. The van der Waals surface area contributed by atoms with E-state index in [1.54, 1.807) is 18.3 Å². The first-order valence-corrected chi connectivity index (χ1v) is 9.64. The van der Waals surface area contributed by atoms with E-state index >= 15 is 0 Å². The van der Waals surface area contributed by atoms with Crippen molar-refractivity contribution in [2.24, 2.45) is 0 Å². The minimum absolute atomic E-state index is 0.476. The maximum atomic E-state index is 6.12. The number of aromatic nitrogens is 4. The number of nitrogens with two attached hydrogens (primary N) is 1. The van der Waals surface area contributed by atoms with Gasteiger partial charge >= 0.3 is 0 Å². The van der Waals surface area contributed by atoms with Crippen LogP contribution in [0.5, 0.6) is 0 Å². The third-order valence-electron chi connectivity index (χ3n) is 3.77. The zero-order valence-electron chi connectivity index (χ0n) is 13.8. The third kappa shape index (κ3) is 3.95. The summed E-state index contributed by atoms with van der Waals surface area (Å²) in [5.74, 6) is 8.41. The summed E-state index contributed by atoms with van der Waals surface area (Å²) in [6.45, 7) is 0. The number of thioether (sulfide) groups is 1. The molecule has 2 N–H and O–H groups in total. The Balaban J connectivity index is 1.46. The average molecular weight is 418 g/mol. The molecule has 27 heavy (non-hydrogen) atoms. The fraction of sp³-hybridized carbons (Fsp3) is 0.0556. The maximum Gasteiger partial charge on any atom is 0.210 e. The van der Waals surface area contributed by atoms with Crippen molar-refractivity contribution >= 4 is 35.0 Å². The van der Waals surface area contributed by atoms with E-state index in [0.29, 0.717) is 38.4 Å². The predicted octanol–water partition coefficient (Wildman–Crippen LogP) is 4.91. The van der Waals surface area contributed by atoms with Crippen LogP contribution in [-0.4, -0.2) is 19.9 Å². The summed E-state index contributed by atoms with van der Waals surface area (Å²) in [6.07, 6.45) is 1.69. The van der Waals surface area contributed by atoms with Crippen LogP contribution in [0.3, 0.4) is 0 Å². The first kappa shape index (κ1) is 17.9. The van der Waals surface area contributed by atoms with Crippen LogP contribution in [0.2, 0.25) is 10.0 Å². The van der Waals surface area contributed by atoms with Crippen LogP contribution in [0, 0.1) is 0 Å². The van der Waals surface area contributed by atoms with Crippen molar-refractivity contribution < 1.29 is 4.42 Å². The normalized spacial score (nSPS) is 11.0. The van der Waals surface area contributed by atoms with E-state index in [2.05, 4.69) is 15.2 Å². The SMILES string of the molecule is Nn1c(SCc2ncc(-c3ccc(Cl)cc3)o2)nnc1-c1ccc(Cl)cc1. The molecule has 4 rings (SSSR count). The maximum absolute atomic E-state index is 6.12. The van der Waals surface area contributed by atoms with Crippen molar-refractivity contribution in [3.05, 3.63) is 70.7 Å².